The Morgan fingerprint density at radius 2 is 2.06 bits per heavy atom. The second-order valence-electron chi connectivity index (χ2n) is 4.92. The van der Waals surface area contributed by atoms with E-state index in [1.807, 2.05) is 0 Å². The summed E-state index contributed by atoms with van der Waals surface area (Å²) >= 11 is 0. The number of nitrogens with zero attached hydrogens (tertiary/aromatic N) is 1. The number of carbonyl (C=O) groups excluding carboxylic acids is 2. The van der Waals surface area contributed by atoms with E-state index in [-0.39, 0.29) is 17.9 Å². The minimum atomic E-state index is -0.206. The van der Waals surface area contributed by atoms with Gasteiger partial charge in [0, 0.05) is 0 Å². The molecule has 2 rings (SSSR count). The number of nitrogens with one attached hydrogen (secondary N) is 2. The fourth-order valence-corrected chi connectivity index (χ4v) is 2.65. The maximum atomic E-state index is 11.6. The number of piperidine rings is 1. The van der Waals surface area contributed by atoms with Gasteiger partial charge in [0.25, 0.3) is 0 Å². The van der Waals surface area contributed by atoms with E-state index in [4.69, 9.17) is 0 Å². The lowest BCUT2D eigenvalue weighted by atomic mass is 9.95. The van der Waals surface area contributed by atoms with Crippen LogP contribution in [0.25, 0.3) is 0 Å². The van der Waals surface area contributed by atoms with Gasteiger partial charge in [0.1, 0.15) is 0 Å². The Bertz CT molecular complexity index is 298. The highest BCUT2D eigenvalue weighted by Crippen LogP contribution is 2.21. The number of hydrogen-bond donors (Lipinski definition) is 2. The van der Waals surface area contributed by atoms with Gasteiger partial charge in [-0.3, -0.25) is 19.8 Å². The number of carbonyl (C=O) groups is 2. The summed E-state index contributed by atoms with van der Waals surface area (Å²) in [5.74, 6) is 0.473. The molecule has 5 nitrogen and oxygen atoms in total. The zero-order chi connectivity index (χ0) is 12.3. The molecule has 0 radical (unpaired) electrons. The number of hydrogen-bond acceptors (Lipinski definition) is 4. The number of rotatable bonds is 4. The van der Waals surface area contributed by atoms with Crippen LogP contribution in [-0.4, -0.2) is 48.9 Å². The number of imide groups is 1. The Kier molecular flexibility index (Phi) is 4.12. The predicted molar refractivity (Wildman–Crippen MR) is 64.4 cm³/mol. The number of amides is 2. The Morgan fingerprint density at radius 1 is 1.35 bits per heavy atom. The van der Waals surface area contributed by atoms with Gasteiger partial charge in [-0.15, -0.1) is 0 Å². The van der Waals surface area contributed by atoms with Gasteiger partial charge in [-0.25, -0.2) is 0 Å². The summed E-state index contributed by atoms with van der Waals surface area (Å²) in [4.78, 5) is 24.9. The molecule has 0 saturated carbocycles. The van der Waals surface area contributed by atoms with Gasteiger partial charge in [-0.05, 0) is 44.9 Å². The quantitative estimate of drug-likeness (QED) is 0.663. The Hall–Kier alpha value is -0.940. The molecule has 5 heteroatoms. The zero-order valence-electron chi connectivity index (χ0n) is 10.4. The average Bonchev–Trinajstić information content (AvgIpc) is 2.66. The largest absolute Gasteiger partial charge is 0.317 e. The molecule has 2 fully saturated rings. The van der Waals surface area contributed by atoms with Gasteiger partial charge < -0.3 is 5.32 Å². The van der Waals surface area contributed by atoms with E-state index in [9.17, 15) is 9.59 Å². The topological polar surface area (TPSA) is 61.4 Å². The SMILES string of the molecule is CCNCC1CCN(C2CC(=O)NC2=O)CC1. The molecule has 2 N–H and O–H groups in total. The van der Waals surface area contributed by atoms with Crippen molar-refractivity contribution in [1.29, 1.82) is 0 Å². The van der Waals surface area contributed by atoms with E-state index in [0.29, 0.717) is 12.3 Å². The Balaban J connectivity index is 1.79. The van der Waals surface area contributed by atoms with Crippen LogP contribution < -0.4 is 10.6 Å². The highest BCUT2D eigenvalue weighted by Gasteiger charge is 2.36. The van der Waals surface area contributed by atoms with E-state index < -0.39 is 0 Å². The van der Waals surface area contributed by atoms with Gasteiger partial charge >= 0.3 is 0 Å². The summed E-state index contributed by atoms with van der Waals surface area (Å²) in [5.41, 5.74) is 0. The van der Waals surface area contributed by atoms with Crippen LogP contribution in [-0.2, 0) is 9.59 Å². The third kappa shape index (κ3) is 3.04. The van der Waals surface area contributed by atoms with Crippen molar-refractivity contribution in [3.63, 3.8) is 0 Å². The Labute approximate surface area is 102 Å². The summed E-state index contributed by atoms with van der Waals surface area (Å²) in [6, 6.07) is -0.206. The van der Waals surface area contributed by atoms with Crippen LogP contribution in [0.15, 0.2) is 0 Å². The van der Waals surface area contributed by atoms with Crippen LogP contribution in [0.3, 0.4) is 0 Å². The van der Waals surface area contributed by atoms with Crippen LogP contribution in [0, 0.1) is 5.92 Å². The highest BCUT2D eigenvalue weighted by atomic mass is 16.2. The first-order valence-corrected chi connectivity index (χ1v) is 6.49. The second kappa shape index (κ2) is 5.60. The van der Waals surface area contributed by atoms with Crippen molar-refractivity contribution in [2.75, 3.05) is 26.2 Å². The van der Waals surface area contributed by atoms with E-state index >= 15 is 0 Å². The van der Waals surface area contributed by atoms with Crippen LogP contribution in [0.5, 0.6) is 0 Å². The fraction of sp³-hybridized carbons (Fsp3) is 0.833. The molecule has 2 heterocycles. The van der Waals surface area contributed by atoms with Crippen molar-refractivity contribution in [3.8, 4) is 0 Å². The van der Waals surface area contributed by atoms with Gasteiger partial charge in [0.2, 0.25) is 11.8 Å². The Morgan fingerprint density at radius 3 is 2.59 bits per heavy atom. The number of likely N-dealkylation sites (tertiary alicyclic amines) is 1. The molecule has 96 valence electrons. The molecule has 2 amide bonds. The molecule has 0 aromatic heterocycles. The normalized spacial score (nSPS) is 27.5. The average molecular weight is 239 g/mol. The molecule has 0 aromatic carbocycles. The third-order valence-electron chi connectivity index (χ3n) is 3.72. The van der Waals surface area contributed by atoms with Crippen molar-refractivity contribution in [1.82, 2.24) is 15.5 Å². The fourth-order valence-electron chi connectivity index (χ4n) is 2.65. The molecule has 0 aromatic rings. The lowest BCUT2D eigenvalue weighted by Gasteiger charge is -2.34. The standard InChI is InChI=1S/C12H21N3O2/c1-2-13-8-9-3-5-15(6-4-9)10-7-11(16)14-12(10)17/h9-10,13H,2-8H2,1H3,(H,14,16,17). The molecular weight excluding hydrogens is 218 g/mol. The maximum absolute atomic E-state index is 11.6. The van der Waals surface area contributed by atoms with Gasteiger partial charge in [-0.1, -0.05) is 6.92 Å². The first-order valence-electron chi connectivity index (χ1n) is 6.49. The lowest BCUT2D eigenvalue weighted by Crippen LogP contribution is -2.46. The maximum Gasteiger partial charge on any atom is 0.244 e. The minimum absolute atomic E-state index is 0.111. The lowest BCUT2D eigenvalue weighted by molar-refractivity contribution is -0.126. The van der Waals surface area contributed by atoms with E-state index in [1.165, 1.54) is 0 Å². The summed E-state index contributed by atoms with van der Waals surface area (Å²) < 4.78 is 0. The summed E-state index contributed by atoms with van der Waals surface area (Å²) in [7, 11) is 0. The molecule has 2 aliphatic heterocycles. The van der Waals surface area contributed by atoms with Crippen molar-refractivity contribution in [3.05, 3.63) is 0 Å². The molecule has 2 aliphatic rings. The first-order chi connectivity index (χ1) is 8.20. The van der Waals surface area contributed by atoms with Crippen molar-refractivity contribution in [2.45, 2.75) is 32.2 Å². The van der Waals surface area contributed by atoms with Gasteiger partial charge in [0.15, 0.2) is 0 Å². The van der Waals surface area contributed by atoms with Crippen LogP contribution in [0.2, 0.25) is 0 Å². The van der Waals surface area contributed by atoms with E-state index in [1.54, 1.807) is 0 Å². The molecular formula is C12H21N3O2. The molecule has 1 atom stereocenters. The summed E-state index contributed by atoms with van der Waals surface area (Å²) in [6.07, 6.45) is 2.58. The summed E-state index contributed by atoms with van der Waals surface area (Å²) in [6.45, 7) is 6.06. The van der Waals surface area contributed by atoms with Crippen LogP contribution in [0.4, 0.5) is 0 Å². The second-order valence-corrected chi connectivity index (χ2v) is 4.92. The molecule has 2 saturated heterocycles. The summed E-state index contributed by atoms with van der Waals surface area (Å²) in [5, 5.41) is 5.74. The molecule has 0 aliphatic carbocycles. The zero-order valence-corrected chi connectivity index (χ0v) is 10.4. The van der Waals surface area contributed by atoms with Crippen molar-refractivity contribution < 1.29 is 9.59 Å². The van der Waals surface area contributed by atoms with Gasteiger partial charge in [0.05, 0.1) is 12.5 Å². The van der Waals surface area contributed by atoms with E-state index in [2.05, 4.69) is 22.5 Å². The van der Waals surface area contributed by atoms with Crippen LogP contribution >= 0.6 is 0 Å². The highest BCUT2D eigenvalue weighted by molar-refractivity contribution is 6.05. The molecule has 0 bridgehead atoms. The van der Waals surface area contributed by atoms with Crippen molar-refractivity contribution >= 4 is 11.8 Å². The van der Waals surface area contributed by atoms with Gasteiger partial charge in [-0.2, -0.15) is 0 Å². The predicted octanol–water partition coefficient (Wildman–Crippen LogP) is -0.277. The molecule has 17 heavy (non-hydrogen) atoms. The van der Waals surface area contributed by atoms with E-state index in [0.717, 1.165) is 39.0 Å². The minimum Gasteiger partial charge on any atom is -0.317 e. The molecule has 1 unspecified atom stereocenters. The van der Waals surface area contributed by atoms with Crippen LogP contribution in [0.1, 0.15) is 26.2 Å². The van der Waals surface area contributed by atoms with Crippen molar-refractivity contribution in [2.24, 2.45) is 5.92 Å². The smallest absolute Gasteiger partial charge is 0.244 e. The third-order valence-corrected chi connectivity index (χ3v) is 3.72. The monoisotopic (exact) mass is 239 g/mol. The first kappa shape index (κ1) is 12.5. The molecule has 0 spiro atoms.